The molecule has 0 radical (unpaired) electrons. The summed E-state index contributed by atoms with van der Waals surface area (Å²) in [4.78, 5) is 12.3. The number of piperidine rings is 1. The fourth-order valence-electron chi connectivity index (χ4n) is 3.19. The highest BCUT2D eigenvalue weighted by molar-refractivity contribution is 6.30. The van der Waals surface area contributed by atoms with Gasteiger partial charge in [0.2, 0.25) is 5.91 Å². The minimum atomic E-state index is 0. The molecule has 3 unspecified atom stereocenters. The molecule has 5 heteroatoms. The Bertz CT molecular complexity index is 472. The van der Waals surface area contributed by atoms with Crippen LogP contribution in [0.25, 0.3) is 0 Å². The fourth-order valence-corrected chi connectivity index (χ4v) is 3.32. The lowest BCUT2D eigenvalue weighted by atomic mass is 9.85. The third-order valence-corrected chi connectivity index (χ3v) is 4.91. The molecule has 1 saturated heterocycles. The van der Waals surface area contributed by atoms with E-state index in [4.69, 9.17) is 11.6 Å². The third-order valence-electron chi connectivity index (χ3n) is 4.66. The maximum atomic E-state index is 12.3. The van der Waals surface area contributed by atoms with Crippen molar-refractivity contribution in [2.24, 2.45) is 11.8 Å². The molecule has 1 aliphatic heterocycles. The lowest BCUT2D eigenvalue weighted by molar-refractivity contribution is -0.123. The minimum absolute atomic E-state index is 0. The van der Waals surface area contributed by atoms with Gasteiger partial charge in [0.25, 0.3) is 0 Å². The van der Waals surface area contributed by atoms with Crippen molar-refractivity contribution in [2.75, 3.05) is 13.1 Å². The van der Waals surface area contributed by atoms with E-state index in [0.717, 1.165) is 30.1 Å². The first kappa shape index (κ1) is 20.3. The van der Waals surface area contributed by atoms with E-state index in [1.54, 1.807) is 0 Å². The molecule has 1 aliphatic rings. The number of amides is 1. The predicted octanol–water partition coefficient (Wildman–Crippen LogP) is 4.35. The zero-order valence-electron chi connectivity index (χ0n) is 14.0. The molecule has 0 spiro atoms. The highest BCUT2D eigenvalue weighted by Crippen LogP contribution is 2.24. The van der Waals surface area contributed by atoms with Gasteiger partial charge in [-0.2, -0.15) is 0 Å². The number of halogens is 2. The minimum Gasteiger partial charge on any atom is -0.349 e. The molecule has 1 aromatic carbocycles. The van der Waals surface area contributed by atoms with E-state index in [1.165, 1.54) is 12.8 Å². The van der Waals surface area contributed by atoms with E-state index in [-0.39, 0.29) is 24.4 Å². The first-order chi connectivity index (χ1) is 10.6. The van der Waals surface area contributed by atoms with Crippen LogP contribution in [-0.2, 0) is 4.79 Å². The molecule has 1 amide bonds. The topological polar surface area (TPSA) is 41.1 Å². The zero-order chi connectivity index (χ0) is 15.9. The van der Waals surface area contributed by atoms with Crippen LogP contribution in [0.1, 0.15) is 51.1 Å². The van der Waals surface area contributed by atoms with Crippen LogP contribution in [0.4, 0.5) is 0 Å². The smallest absolute Gasteiger partial charge is 0.220 e. The first-order valence-electron chi connectivity index (χ1n) is 8.35. The van der Waals surface area contributed by atoms with Crippen LogP contribution in [0.3, 0.4) is 0 Å². The lowest BCUT2D eigenvalue weighted by Crippen LogP contribution is -2.36. The van der Waals surface area contributed by atoms with Crippen molar-refractivity contribution >= 4 is 29.9 Å². The average Bonchev–Trinajstić information content (AvgIpc) is 2.54. The van der Waals surface area contributed by atoms with Crippen LogP contribution in [0.2, 0.25) is 5.02 Å². The van der Waals surface area contributed by atoms with Crippen LogP contribution >= 0.6 is 24.0 Å². The average molecular weight is 359 g/mol. The van der Waals surface area contributed by atoms with Gasteiger partial charge in [-0.1, -0.05) is 37.6 Å². The van der Waals surface area contributed by atoms with Gasteiger partial charge < -0.3 is 10.6 Å². The Balaban J connectivity index is 0.00000264. The molecule has 1 aromatic rings. The van der Waals surface area contributed by atoms with Gasteiger partial charge in [0.05, 0.1) is 6.04 Å². The van der Waals surface area contributed by atoms with E-state index in [0.29, 0.717) is 18.3 Å². The van der Waals surface area contributed by atoms with Crippen molar-refractivity contribution in [3.63, 3.8) is 0 Å². The molecule has 0 aromatic heterocycles. The van der Waals surface area contributed by atoms with E-state index in [9.17, 15) is 4.79 Å². The maximum Gasteiger partial charge on any atom is 0.220 e. The van der Waals surface area contributed by atoms with Gasteiger partial charge in [0, 0.05) is 11.4 Å². The molecule has 130 valence electrons. The van der Waals surface area contributed by atoms with Gasteiger partial charge in [-0.3, -0.25) is 4.79 Å². The number of hydrogen-bond donors (Lipinski definition) is 2. The van der Waals surface area contributed by atoms with Gasteiger partial charge in [-0.25, -0.2) is 0 Å². The molecule has 2 rings (SSSR count). The SMILES string of the molecule is CCC(NC(=O)CC(C)C1CCCNC1)c1ccc(Cl)cc1.Cl. The van der Waals surface area contributed by atoms with Crippen molar-refractivity contribution in [1.82, 2.24) is 10.6 Å². The Labute approximate surface area is 151 Å². The van der Waals surface area contributed by atoms with Crippen molar-refractivity contribution in [3.8, 4) is 0 Å². The molecular formula is C18H28Cl2N2O. The molecule has 23 heavy (non-hydrogen) atoms. The standard InChI is InChI=1S/C18H27ClN2O.ClH/c1-3-17(14-6-8-16(19)9-7-14)21-18(22)11-13(2)15-5-4-10-20-12-15;/h6-9,13,15,17,20H,3-5,10-12H2,1-2H3,(H,21,22);1H. The van der Waals surface area contributed by atoms with Crippen molar-refractivity contribution in [2.45, 2.75) is 45.6 Å². The Hall–Kier alpha value is -0.770. The quantitative estimate of drug-likeness (QED) is 0.793. The van der Waals surface area contributed by atoms with Crippen LogP contribution in [0.15, 0.2) is 24.3 Å². The molecule has 0 aliphatic carbocycles. The second kappa shape index (κ2) is 10.2. The molecule has 1 heterocycles. The zero-order valence-corrected chi connectivity index (χ0v) is 15.6. The molecule has 2 N–H and O–H groups in total. The largest absolute Gasteiger partial charge is 0.349 e. The molecule has 0 saturated carbocycles. The van der Waals surface area contributed by atoms with Gasteiger partial charge >= 0.3 is 0 Å². The second-order valence-electron chi connectivity index (χ2n) is 6.37. The van der Waals surface area contributed by atoms with Crippen LogP contribution in [-0.4, -0.2) is 19.0 Å². The van der Waals surface area contributed by atoms with Gasteiger partial charge in [-0.15, -0.1) is 12.4 Å². The fraction of sp³-hybridized carbons (Fsp3) is 0.611. The summed E-state index contributed by atoms with van der Waals surface area (Å²) in [5, 5.41) is 7.32. The summed E-state index contributed by atoms with van der Waals surface area (Å²) in [6.45, 7) is 6.45. The number of nitrogens with one attached hydrogen (secondary N) is 2. The van der Waals surface area contributed by atoms with Gasteiger partial charge in [0.15, 0.2) is 0 Å². The molecule has 1 fully saturated rings. The van der Waals surface area contributed by atoms with Crippen LogP contribution in [0, 0.1) is 11.8 Å². The van der Waals surface area contributed by atoms with Crippen LogP contribution < -0.4 is 10.6 Å². The summed E-state index contributed by atoms with van der Waals surface area (Å²) in [6, 6.07) is 7.81. The van der Waals surface area contributed by atoms with Gasteiger partial charge in [0.1, 0.15) is 0 Å². The predicted molar refractivity (Wildman–Crippen MR) is 99.2 cm³/mol. The Kier molecular flexibility index (Phi) is 8.96. The lowest BCUT2D eigenvalue weighted by Gasteiger charge is -2.28. The molecule has 0 bridgehead atoms. The highest BCUT2D eigenvalue weighted by atomic mass is 35.5. The molecule has 3 atom stereocenters. The number of carbonyl (C=O) groups is 1. The normalized spacial score (nSPS) is 20.2. The Morgan fingerprint density at radius 2 is 2.09 bits per heavy atom. The summed E-state index contributed by atoms with van der Waals surface area (Å²) in [5.74, 6) is 1.20. The highest BCUT2D eigenvalue weighted by Gasteiger charge is 2.23. The van der Waals surface area contributed by atoms with E-state index in [2.05, 4.69) is 24.5 Å². The summed E-state index contributed by atoms with van der Waals surface area (Å²) in [6.07, 6.45) is 3.94. The first-order valence-corrected chi connectivity index (χ1v) is 8.73. The summed E-state index contributed by atoms with van der Waals surface area (Å²) < 4.78 is 0. The van der Waals surface area contributed by atoms with Crippen LogP contribution in [0.5, 0.6) is 0 Å². The van der Waals surface area contributed by atoms with E-state index < -0.39 is 0 Å². The van der Waals surface area contributed by atoms with E-state index >= 15 is 0 Å². The van der Waals surface area contributed by atoms with Crippen molar-refractivity contribution < 1.29 is 4.79 Å². The molecule has 3 nitrogen and oxygen atoms in total. The van der Waals surface area contributed by atoms with Crippen molar-refractivity contribution in [3.05, 3.63) is 34.9 Å². The van der Waals surface area contributed by atoms with Crippen molar-refractivity contribution in [1.29, 1.82) is 0 Å². The third kappa shape index (κ3) is 6.33. The monoisotopic (exact) mass is 358 g/mol. The summed E-state index contributed by atoms with van der Waals surface area (Å²) >= 11 is 5.93. The summed E-state index contributed by atoms with van der Waals surface area (Å²) in [5.41, 5.74) is 1.12. The second-order valence-corrected chi connectivity index (χ2v) is 6.80. The molecular weight excluding hydrogens is 331 g/mol. The Morgan fingerprint density at radius 3 is 2.65 bits per heavy atom. The number of rotatable bonds is 6. The number of hydrogen-bond acceptors (Lipinski definition) is 2. The maximum absolute atomic E-state index is 12.3. The number of carbonyl (C=O) groups excluding carboxylic acids is 1. The summed E-state index contributed by atoms with van der Waals surface area (Å²) in [7, 11) is 0. The number of benzene rings is 1. The Morgan fingerprint density at radius 1 is 1.39 bits per heavy atom. The van der Waals surface area contributed by atoms with Gasteiger partial charge in [-0.05, 0) is 61.9 Å². The van der Waals surface area contributed by atoms with E-state index in [1.807, 2.05) is 24.3 Å².